The molecule has 3 fully saturated rings. The topological polar surface area (TPSA) is 62.9 Å². The fourth-order valence-corrected chi connectivity index (χ4v) is 3.78. The summed E-state index contributed by atoms with van der Waals surface area (Å²) in [5, 5.41) is 0. The van der Waals surface area contributed by atoms with Crippen LogP contribution in [-0.4, -0.2) is 57.4 Å². The van der Waals surface area contributed by atoms with E-state index in [-0.39, 0.29) is 12.1 Å². The fraction of sp³-hybridized carbons (Fsp3) is 1.00. The lowest BCUT2D eigenvalue weighted by Crippen LogP contribution is -2.39. The van der Waals surface area contributed by atoms with Crippen LogP contribution in [0, 0.1) is 5.92 Å². The molecule has 2 N–H and O–H groups in total. The number of ether oxygens (including phenoxy) is 4. The first-order valence-electron chi connectivity index (χ1n) is 8.47. The predicted molar refractivity (Wildman–Crippen MR) is 79.2 cm³/mol. The van der Waals surface area contributed by atoms with E-state index >= 15 is 0 Å². The second-order valence-electron chi connectivity index (χ2n) is 6.75. The standard InChI is InChI=1S/C16H29NO4/c17-13-6-12(9-19-10-13)7-14-2-1-3-15(21-14)8-16-11-18-4-5-20-16/h12-16H,1-11,17H2. The molecule has 0 aromatic heterocycles. The molecule has 5 atom stereocenters. The van der Waals surface area contributed by atoms with Crippen LogP contribution < -0.4 is 5.73 Å². The van der Waals surface area contributed by atoms with Crippen LogP contribution in [0.3, 0.4) is 0 Å². The first kappa shape index (κ1) is 15.7. The van der Waals surface area contributed by atoms with Crippen LogP contribution in [0.15, 0.2) is 0 Å². The van der Waals surface area contributed by atoms with Gasteiger partial charge in [0.25, 0.3) is 0 Å². The molecule has 5 nitrogen and oxygen atoms in total. The Bertz CT molecular complexity index is 309. The summed E-state index contributed by atoms with van der Waals surface area (Å²) in [6.45, 7) is 3.72. The summed E-state index contributed by atoms with van der Waals surface area (Å²) in [5.74, 6) is 0.562. The second kappa shape index (κ2) is 7.88. The van der Waals surface area contributed by atoms with Gasteiger partial charge in [-0.3, -0.25) is 0 Å². The third-order valence-electron chi connectivity index (χ3n) is 4.77. The Labute approximate surface area is 127 Å². The molecule has 3 rings (SSSR count). The second-order valence-corrected chi connectivity index (χ2v) is 6.75. The van der Waals surface area contributed by atoms with Gasteiger partial charge >= 0.3 is 0 Å². The van der Waals surface area contributed by atoms with Crippen LogP contribution in [0.1, 0.15) is 38.5 Å². The molecule has 5 unspecified atom stereocenters. The molecule has 0 aromatic rings. The summed E-state index contributed by atoms with van der Waals surface area (Å²) in [5.41, 5.74) is 5.98. The zero-order valence-electron chi connectivity index (χ0n) is 12.9. The Hall–Kier alpha value is -0.200. The van der Waals surface area contributed by atoms with Crippen molar-refractivity contribution in [2.24, 2.45) is 11.7 Å². The normalized spacial score (nSPS) is 41.9. The molecule has 0 radical (unpaired) electrons. The van der Waals surface area contributed by atoms with Crippen LogP contribution in [0.25, 0.3) is 0 Å². The van der Waals surface area contributed by atoms with Gasteiger partial charge < -0.3 is 24.7 Å². The van der Waals surface area contributed by atoms with Crippen molar-refractivity contribution in [2.75, 3.05) is 33.0 Å². The van der Waals surface area contributed by atoms with Gasteiger partial charge in [-0.1, -0.05) is 0 Å². The molecule has 0 saturated carbocycles. The van der Waals surface area contributed by atoms with E-state index in [1.165, 1.54) is 12.8 Å². The minimum absolute atomic E-state index is 0.205. The molecule has 21 heavy (non-hydrogen) atoms. The zero-order chi connectivity index (χ0) is 14.5. The molecule has 0 amide bonds. The van der Waals surface area contributed by atoms with E-state index in [4.69, 9.17) is 24.7 Å². The summed E-state index contributed by atoms with van der Waals surface area (Å²) in [6.07, 6.45) is 7.62. The zero-order valence-corrected chi connectivity index (χ0v) is 12.9. The highest BCUT2D eigenvalue weighted by atomic mass is 16.6. The molecule has 0 aliphatic carbocycles. The summed E-state index contributed by atoms with van der Waals surface area (Å²) in [7, 11) is 0. The van der Waals surface area contributed by atoms with Crippen molar-refractivity contribution in [2.45, 2.75) is 62.9 Å². The highest BCUT2D eigenvalue weighted by molar-refractivity contribution is 4.80. The van der Waals surface area contributed by atoms with Gasteiger partial charge in [-0.05, 0) is 38.0 Å². The number of hydrogen-bond acceptors (Lipinski definition) is 5. The van der Waals surface area contributed by atoms with Crippen LogP contribution in [0.2, 0.25) is 0 Å². The molecule has 3 aliphatic heterocycles. The quantitative estimate of drug-likeness (QED) is 0.852. The van der Waals surface area contributed by atoms with E-state index in [2.05, 4.69) is 0 Å². The van der Waals surface area contributed by atoms with Gasteiger partial charge in [0.05, 0.1) is 44.7 Å². The Morgan fingerprint density at radius 3 is 2.48 bits per heavy atom. The van der Waals surface area contributed by atoms with Gasteiger partial charge in [-0.25, -0.2) is 0 Å². The monoisotopic (exact) mass is 299 g/mol. The van der Waals surface area contributed by atoms with Crippen molar-refractivity contribution in [3.63, 3.8) is 0 Å². The summed E-state index contributed by atoms with van der Waals surface area (Å²) >= 11 is 0. The lowest BCUT2D eigenvalue weighted by atomic mass is 9.89. The Kier molecular flexibility index (Phi) is 5.89. The van der Waals surface area contributed by atoms with Crippen molar-refractivity contribution in [3.8, 4) is 0 Å². The SMILES string of the molecule is NC1COCC(CC2CCCC(CC3COCCO3)O2)C1. The minimum Gasteiger partial charge on any atom is -0.380 e. The number of nitrogens with two attached hydrogens (primary N) is 1. The van der Waals surface area contributed by atoms with Crippen molar-refractivity contribution < 1.29 is 18.9 Å². The van der Waals surface area contributed by atoms with E-state index < -0.39 is 0 Å². The van der Waals surface area contributed by atoms with E-state index in [1.807, 2.05) is 0 Å². The highest BCUT2D eigenvalue weighted by Gasteiger charge is 2.29. The van der Waals surface area contributed by atoms with Gasteiger partial charge in [0.15, 0.2) is 0 Å². The smallest absolute Gasteiger partial charge is 0.0834 e. The molecular weight excluding hydrogens is 270 g/mol. The van der Waals surface area contributed by atoms with Crippen molar-refractivity contribution >= 4 is 0 Å². The molecule has 0 spiro atoms. The predicted octanol–water partition coefficient (Wildman–Crippen LogP) is 1.48. The Balaban J connectivity index is 1.42. The van der Waals surface area contributed by atoms with Crippen molar-refractivity contribution in [1.29, 1.82) is 0 Å². The molecule has 122 valence electrons. The van der Waals surface area contributed by atoms with Gasteiger partial charge in [-0.15, -0.1) is 0 Å². The average molecular weight is 299 g/mol. The van der Waals surface area contributed by atoms with Crippen LogP contribution in [-0.2, 0) is 18.9 Å². The maximum absolute atomic E-state index is 6.30. The largest absolute Gasteiger partial charge is 0.380 e. The first-order chi connectivity index (χ1) is 10.3. The van der Waals surface area contributed by atoms with Crippen LogP contribution in [0.4, 0.5) is 0 Å². The fourth-order valence-electron chi connectivity index (χ4n) is 3.78. The number of rotatable bonds is 4. The summed E-state index contributed by atoms with van der Waals surface area (Å²) < 4.78 is 23.1. The maximum atomic E-state index is 6.30. The molecule has 5 heteroatoms. The van der Waals surface area contributed by atoms with Crippen LogP contribution >= 0.6 is 0 Å². The highest BCUT2D eigenvalue weighted by Crippen LogP contribution is 2.29. The lowest BCUT2D eigenvalue weighted by molar-refractivity contribution is -0.129. The molecule has 0 aromatic carbocycles. The Morgan fingerprint density at radius 2 is 1.71 bits per heavy atom. The van der Waals surface area contributed by atoms with Gasteiger partial charge in [0, 0.05) is 19.1 Å². The summed E-state index contributed by atoms with van der Waals surface area (Å²) in [4.78, 5) is 0. The molecular formula is C16H29NO4. The minimum atomic E-state index is 0.205. The van der Waals surface area contributed by atoms with Gasteiger partial charge in [0.2, 0.25) is 0 Å². The van der Waals surface area contributed by atoms with Crippen molar-refractivity contribution in [1.82, 2.24) is 0 Å². The van der Waals surface area contributed by atoms with Gasteiger partial charge in [0.1, 0.15) is 0 Å². The molecule has 3 heterocycles. The average Bonchev–Trinajstić information content (AvgIpc) is 2.49. The maximum Gasteiger partial charge on any atom is 0.0834 e. The summed E-state index contributed by atoms with van der Waals surface area (Å²) in [6, 6.07) is 0.205. The van der Waals surface area contributed by atoms with E-state index in [0.717, 1.165) is 52.1 Å². The van der Waals surface area contributed by atoms with E-state index in [0.29, 0.717) is 24.7 Å². The number of hydrogen-bond donors (Lipinski definition) is 1. The molecule has 3 aliphatic rings. The van der Waals surface area contributed by atoms with Gasteiger partial charge in [-0.2, -0.15) is 0 Å². The molecule has 3 saturated heterocycles. The first-order valence-corrected chi connectivity index (χ1v) is 8.47. The van der Waals surface area contributed by atoms with E-state index in [1.54, 1.807) is 0 Å². The lowest BCUT2D eigenvalue weighted by Gasteiger charge is -2.36. The Morgan fingerprint density at radius 1 is 0.857 bits per heavy atom. The molecule has 0 bridgehead atoms. The van der Waals surface area contributed by atoms with Crippen molar-refractivity contribution in [3.05, 3.63) is 0 Å². The third kappa shape index (κ3) is 4.89. The third-order valence-corrected chi connectivity index (χ3v) is 4.77. The van der Waals surface area contributed by atoms with E-state index in [9.17, 15) is 0 Å². The van der Waals surface area contributed by atoms with Crippen LogP contribution in [0.5, 0.6) is 0 Å².